The Kier molecular flexibility index (Phi) is 11.7. The van der Waals surface area contributed by atoms with E-state index in [1.807, 2.05) is 0 Å². The SMILES string of the molecule is CCCCCCCCC(CCCS)C(C)(C)OC1CCCCC1. The topological polar surface area (TPSA) is 9.23 Å². The van der Waals surface area contributed by atoms with Crippen LogP contribution in [0.1, 0.15) is 111 Å². The molecule has 0 aromatic heterocycles. The number of ether oxygens (including phenoxy) is 1. The summed E-state index contributed by atoms with van der Waals surface area (Å²) >= 11 is 4.43. The third-order valence-corrected chi connectivity index (χ3v) is 5.94. The maximum absolute atomic E-state index is 6.61. The van der Waals surface area contributed by atoms with Gasteiger partial charge in [0.2, 0.25) is 0 Å². The Morgan fingerprint density at radius 3 is 2.17 bits per heavy atom. The summed E-state index contributed by atoms with van der Waals surface area (Å²) < 4.78 is 6.61. The van der Waals surface area contributed by atoms with Crippen molar-refractivity contribution in [2.24, 2.45) is 5.92 Å². The third-order valence-electron chi connectivity index (χ3n) is 5.62. The van der Waals surface area contributed by atoms with E-state index in [9.17, 15) is 0 Å². The quantitative estimate of drug-likeness (QED) is 0.275. The molecule has 0 spiro atoms. The van der Waals surface area contributed by atoms with Crippen molar-refractivity contribution < 1.29 is 4.74 Å². The van der Waals surface area contributed by atoms with Crippen molar-refractivity contribution in [3.8, 4) is 0 Å². The molecule has 23 heavy (non-hydrogen) atoms. The molecule has 2 heteroatoms. The van der Waals surface area contributed by atoms with Crippen molar-refractivity contribution in [2.45, 2.75) is 122 Å². The van der Waals surface area contributed by atoms with Crippen LogP contribution in [0.15, 0.2) is 0 Å². The summed E-state index contributed by atoms with van der Waals surface area (Å²) in [5.74, 6) is 1.70. The van der Waals surface area contributed by atoms with E-state index >= 15 is 0 Å². The van der Waals surface area contributed by atoms with E-state index in [4.69, 9.17) is 4.74 Å². The van der Waals surface area contributed by atoms with Gasteiger partial charge in [-0.05, 0) is 57.6 Å². The molecule has 0 heterocycles. The second-order valence-corrected chi connectivity index (χ2v) is 8.55. The zero-order valence-corrected chi connectivity index (χ0v) is 17.0. The molecular weight excluding hydrogens is 300 g/mol. The molecule has 0 aromatic rings. The van der Waals surface area contributed by atoms with E-state index in [0.29, 0.717) is 12.0 Å². The molecule has 0 amide bonds. The van der Waals surface area contributed by atoms with Gasteiger partial charge in [0.05, 0.1) is 11.7 Å². The molecule has 1 fully saturated rings. The van der Waals surface area contributed by atoms with Crippen molar-refractivity contribution in [2.75, 3.05) is 5.75 Å². The van der Waals surface area contributed by atoms with Gasteiger partial charge in [0.25, 0.3) is 0 Å². The lowest BCUT2D eigenvalue weighted by atomic mass is 9.82. The normalized spacial score (nSPS) is 18.3. The molecule has 1 aliphatic rings. The Balaban J connectivity index is 2.39. The highest BCUT2D eigenvalue weighted by Gasteiger charge is 2.32. The van der Waals surface area contributed by atoms with Crippen molar-refractivity contribution in [1.82, 2.24) is 0 Å². The molecule has 138 valence electrons. The minimum absolute atomic E-state index is 0.0361. The molecule has 1 atom stereocenters. The molecule has 0 N–H and O–H groups in total. The van der Waals surface area contributed by atoms with Crippen LogP contribution in [0.2, 0.25) is 0 Å². The Bertz CT molecular complexity index is 271. The van der Waals surface area contributed by atoms with Gasteiger partial charge in [-0.3, -0.25) is 0 Å². The van der Waals surface area contributed by atoms with E-state index in [1.165, 1.54) is 89.9 Å². The molecular formula is C21H42OS. The van der Waals surface area contributed by atoms with Gasteiger partial charge in [-0.15, -0.1) is 0 Å². The molecule has 1 unspecified atom stereocenters. The van der Waals surface area contributed by atoms with Crippen molar-refractivity contribution >= 4 is 12.6 Å². The molecule has 0 bridgehead atoms. The van der Waals surface area contributed by atoms with Gasteiger partial charge in [0.1, 0.15) is 0 Å². The Morgan fingerprint density at radius 2 is 1.52 bits per heavy atom. The van der Waals surface area contributed by atoms with Gasteiger partial charge in [-0.2, -0.15) is 12.6 Å². The molecule has 0 aromatic carbocycles. The van der Waals surface area contributed by atoms with Crippen LogP contribution in [0.25, 0.3) is 0 Å². The lowest BCUT2D eigenvalue weighted by Crippen LogP contribution is -2.39. The monoisotopic (exact) mass is 342 g/mol. The van der Waals surface area contributed by atoms with Crippen LogP contribution in [0.5, 0.6) is 0 Å². The minimum Gasteiger partial charge on any atom is -0.372 e. The predicted molar refractivity (Wildman–Crippen MR) is 107 cm³/mol. The molecule has 1 aliphatic carbocycles. The molecule has 1 nitrogen and oxygen atoms in total. The van der Waals surface area contributed by atoms with Gasteiger partial charge in [0.15, 0.2) is 0 Å². The Labute approximate surface area is 151 Å². The molecule has 0 saturated heterocycles. The molecule has 0 aliphatic heterocycles. The van der Waals surface area contributed by atoms with E-state index in [-0.39, 0.29) is 5.60 Å². The summed E-state index contributed by atoms with van der Waals surface area (Å²) in [6.45, 7) is 6.99. The van der Waals surface area contributed by atoms with Gasteiger partial charge >= 0.3 is 0 Å². The number of hydrogen-bond acceptors (Lipinski definition) is 2. The maximum Gasteiger partial charge on any atom is 0.0658 e. The first-order valence-corrected chi connectivity index (χ1v) is 11.0. The highest BCUT2D eigenvalue weighted by molar-refractivity contribution is 7.80. The summed E-state index contributed by atoms with van der Waals surface area (Å²) in [4.78, 5) is 0. The predicted octanol–water partition coefficient (Wildman–Crippen LogP) is 7.19. The van der Waals surface area contributed by atoms with Crippen LogP contribution >= 0.6 is 12.6 Å². The van der Waals surface area contributed by atoms with Crippen molar-refractivity contribution in [3.05, 3.63) is 0 Å². The Morgan fingerprint density at radius 1 is 0.913 bits per heavy atom. The first kappa shape index (κ1) is 21.4. The maximum atomic E-state index is 6.61. The second-order valence-electron chi connectivity index (χ2n) is 8.10. The molecule has 0 radical (unpaired) electrons. The summed E-state index contributed by atoms with van der Waals surface area (Å²) in [6, 6.07) is 0. The first-order valence-electron chi connectivity index (χ1n) is 10.4. The molecule has 1 rings (SSSR count). The van der Waals surface area contributed by atoms with Crippen LogP contribution in [-0.4, -0.2) is 17.5 Å². The zero-order valence-electron chi connectivity index (χ0n) is 16.1. The van der Waals surface area contributed by atoms with Crippen molar-refractivity contribution in [1.29, 1.82) is 0 Å². The fourth-order valence-corrected chi connectivity index (χ4v) is 4.24. The van der Waals surface area contributed by atoms with E-state index in [2.05, 4.69) is 33.4 Å². The Hall–Kier alpha value is 0.310. The van der Waals surface area contributed by atoms with Gasteiger partial charge in [-0.1, -0.05) is 64.7 Å². The number of thiol groups is 1. The fourth-order valence-electron chi connectivity index (χ4n) is 4.06. The van der Waals surface area contributed by atoms with Crippen molar-refractivity contribution in [3.63, 3.8) is 0 Å². The highest BCUT2D eigenvalue weighted by atomic mass is 32.1. The number of rotatable bonds is 13. The van der Waals surface area contributed by atoms with Gasteiger partial charge in [-0.25, -0.2) is 0 Å². The standard InChI is InChI=1S/C21H42OS/c1-4-5-6-7-8-10-14-19(15-13-18-23)21(2,3)22-20-16-11-9-12-17-20/h19-20,23H,4-18H2,1-3H3. The van der Waals surface area contributed by atoms with Crippen LogP contribution in [0, 0.1) is 5.92 Å². The average molecular weight is 343 g/mol. The number of hydrogen-bond donors (Lipinski definition) is 1. The van der Waals surface area contributed by atoms with Gasteiger partial charge in [0, 0.05) is 0 Å². The van der Waals surface area contributed by atoms with Gasteiger partial charge < -0.3 is 4.74 Å². The summed E-state index contributed by atoms with van der Waals surface area (Å²) in [6.07, 6.45) is 19.4. The lowest BCUT2D eigenvalue weighted by Gasteiger charge is -2.39. The molecule has 1 saturated carbocycles. The third kappa shape index (κ3) is 9.39. The smallest absolute Gasteiger partial charge is 0.0658 e. The second kappa shape index (κ2) is 12.6. The zero-order chi connectivity index (χ0) is 17.0. The van der Waals surface area contributed by atoms with E-state index in [1.54, 1.807) is 0 Å². The largest absolute Gasteiger partial charge is 0.372 e. The lowest BCUT2D eigenvalue weighted by molar-refractivity contribution is -0.119. The summed E-state index contributed by atoms with van der Waals surface area (Å²) in [5.41, 5.74) is 0.0361. The fraction of sp³-hybridized carbons (Fsp3) is 1.00. The van der Waals surface area contributed by atoms with Crippen LogP contribution < -0.4 is 0 Å². The van der Waals surface area contributed by atoms with Crippen LogP contribution in [0.4, 0.5) is 0 Å². The van der Waals surface area contributed by atoms with Crippen LogP contribution in [0.3, 0.4) is 0 Å². The van der Waals surface area contributed by atoms with E-state index < -0.39 is 0 Å². The van der Waals surface area contributed by atoms with E-state index in [0.717, 1.165) is 5.75 Å². The van der Waals surface area contributed by atoms with Crippen LogP contribution in [-0.2, 0) is 4.74 Å². The summed E-state index contributed by atoms with van der Waals surface area (Å²) in [7, 11) is 0. The minimum atomic E-state index is 0.0361. The highest BCUT2D eigenvalue weighted by Crippen LogP contribution is 2.34. The first-order chi connectivity index (χ1) is 11.1. The average Bonchev–Trinajstić information content (AvgIpc) is 2.53. The summed E-state index contributed by atoms with van der Waals surface area (Å²) in [5, 5.41) is 0. The number of unbranched alkanes of at least 4 members (excludes halogenated alkanes) is 5.